The van der Waals surface area contributed by atoms with Gasteiger partial charge in [0.15, 0.2) is 16.6 Å². The molecule has 5 heteroatoms. The van der Waals surface area contributed by atoms with Crippen molar-refractivity contribution < 1.29 is 8.85 Å². The first-order chi connectivity index (χ1) is 15.7. The highest BCUT2D eigenvalue weighted by atomic mass is 28.4. The van der Waals surface area contributed by atoms with Crippen molar-refractivity contribution in [3.05, 3.63) is 54.1 Å². The molecule has 0 aliphatic heterocycles. The molecule has 0 aromatic heterocycles. The molecule has 0 radical (unpaired) electrons. The van der Waals surface area contributed by atoms with Crippen molar-refractivity contribution in [2.75, 3.05) is 6.61 Å². The quantitative estimate of drug-likeness (QED) is 0.188. The van der Waals surface area contributed by atoms with E-state index in [1.54, 1.807) is 0 Å². The van der Waals surface area contributed by atoms with Crippen LogP contribution >= 0.6 is 0 Å². The van der Waals surface area contributed by atoms with Crippen molar-refractivity contribution in [3.8, 4) is 22.9 Å². The van der Waals surface area contributed by atoms with Gasteiger partial charge in [-0.25, -0.2) is 0 Å². The van der Waals surface area contributed by atoms with Crippen molar-refractivity contribution in [1.82, 2.24) is 0 Å². The van der Waals surface area contributed by atoms with Gasteiger partial charge >= 0.3 is 0 Å². The first kappa shape index (κ1) is 27.4. The standard InChI is InChI=1S/C28H43NO2Si2/c1-32(2,3)31-33(4,5)23-13-11-9-7-6-8-10-12-22-30-28-20-18-27(19-21-28)26-16-14-25(24-29)15-17-26/h14-21H,6-13,22-23H2,1-5H3. The van der Waals surface area contributed by atoms with Crippen LogP contribution in [0.15, 0.2) is 48.5 Å². The van der Waals surface area contributed by atoms with E-state index in [0.29, 0.717) is 5.56 Å². The molecule has 0 aliphatic carbocycles. The average molecular weight is 482 g/mol. The Morgan fingerprint density at radius 3 is 1.67 bits per heavy atom. The molecule has 33 heavy (non-hydrogen) atoms. The molecule has 2 aromatic rings. The molecule has 0 saturated carbocycles. The zero-order valence-corrected chi connectivity index (χ0v) is 23.5. The van der Waals surface area contributed by atoms with Crippen molar-refractivity contribution >= 4 is 16.6 Å². The number of rotatable bonds is 15. The lowest BCUT2D eigenvalue weighted by Crippen LogP contribution is -2.42. The van der Waals surface area contributed by atoms with Crippen molar-refractivity contribution in [1.29, 1.82) is 5.26 Å². The van der Waals surface area contributed by atoms with Gasteiger partial charge in [0, 0.05) is 0 Å². The van der Waals surface area contributed by atoms with Gasteiger partial charge in [-0.15, -0.1) is 0 Å². The summed E-state index contributed by atoms with van der Waals surface area (Å²) in [5.41, 5.74) is 2.94. The molecule has 180 valence electrons. The molecule has 0 aliphatic rings. The Labute approximate surface area is 204 Å². The third-order valence-electron chi connectivity index (χ3n) is 5.73. The van der Waals surface area contributed by atoms with Crippen LogP contribution in [0, 0.1) is 11.3 Å². The van der Waals surface area contributed by atoms with Crippen LogP contribution in [0.4, 0.5) is 0 Å². The zero-order chi connectivity index (χ0) is 24.2. The number of nitrogens with zero attached hydrogens (tertiary/aromatic N) is 1. The fourth-order valence-electron chi connectivity index (χ4n) is 4.26. The minimum Gasteiger partial charge on any atom is -0.494 e. The Bertz CT molecular complexity index is 849. The average Bonchev–Trinajstić information content (AvgIpc) is 2.76. The maximum atomic E-state index is 8.91. The molecule has 0 atom stereocenters. The summed E-state index contributed by atoms with van der Waals surface area (Å²) < 4.78 is 12.3. The van der Waals surface area contributed by atoms with Gasteiger partial charge in [-0.2, -0.15) is 5.26 Å². The maximum Gasteiger partial charge on any atom is 0.173 e. The summed E-state index contributed by atoms with van der Waals surface area (Å²) in [5, 5.41) is 8.91. The minimum atomic E-state index is -1.44. The molecule has 2 rings (SSSR count). The summed E-state index contributed by atoms with van der Waals surface area (Å²) in [6, 6.07) is 19.4. The van der Waals surface area contributed by atoms with Crippen LogP contribution in [0.2, 0.25) is 38.8 Å². The molecule has 0 N–H and O–H groups in total. The molecule has 0 spiro atoms. The van der Waals surface area contributed by atoms with E-state index < -0.39 is 16.6 Å². The highest BCUT2D eigenvalue weighted by molar-refractivity contribution is 6.84. The number of hydrogen-bond donors (Lipinski definition) is 0. The van der Waals surface area contributed by atoms with Crippen LogP contribution in [-0.2, 0) is 4.12 Å². The molecule has 0 saturated heterocycles. The van der Waals surface area contributed by atoms with Gasteiger partial charge in [-0.1, -0.05) is 69.2 Å². The van der Waals surface area contributed by atoms with Gasteiger partial charge < -0.3 is 8.85 Å². The molecular formula is C28H43NO2Si2. The SMILES string of the molecule is C[Si](C)(C)O[Si](C)(C)CCCCCCCCCCOc1ccc(-c2ccc(C#N)cc2)cc1. The van der Waals surface area contributed by atoms with Crippen LogP contribution < -0.4 is 4.74 Å². The van der Waals surface area contributed by atoms with E-state index in [-0.39, 0.29) is 0 Å². The van der Waals surface area contributed by atoms with Gasteiger partial charge in [0.1, 0.15) is 5.75 Å². The Morgan fingerprint density at radius 1 is 0.667 bits per heavy atom. The molecule has 0 fully saturated rings. The second-order valence-electron chi connectivity index (χ2n) is 10.6. The fraction of sp³-hybridized carbons (Fsp3) is 0.536. The predicted octanol–water partition coefficient (Wildman–Crippen LogP) is 8.78. The summed E-state index contributed by atoms with van der Waals surface area (Å²) >= 11 is 0. The maximum absolute atomic E-state index is 8.91. The smallest absolute Gasteiger partial charge is 0.173 e. The van der Waals surface area contributed by atoms with E-state index in [9.17, 15) is 0 Å². The van der Waals surface area contributed by atoms with Gasteiger partial charge in [-0.3, -0.25) is 0 Å². The first-order valence-corrected chi connectivity index (χ1v) is 19.1. The van der Waals surface area contributed by atoms with Crippen molar-refractivity contribution in [2.45, 2.75) is 90.1 Å². The molecule has 0 heterocycles. The topological polar surface area (TPSA) is 42.2 Å². The summed E-state index contributed by atoms with van der Waals surface area (Å²) in [6.45, 7) is 12.5. The number of ether oxygens (including phenoxy) is 1. The second-order valence-corrected chi connectivity index (χ2v) is 19.7. The molecule has 2 aromatic carbocycles. The van der Waals surface area contributed by atoms with E-state index in [1.165, 1.54) is 51.0 Å². The van der Waals surface area contributed by atoms with Crippen LogP contribution in [-0.4, -0.2) is 23.2 Å². The largest absolute Gasteiger partial charge is 0.494 e. The van der Waals surface area contributed by atoms with E-state index in [2.05, 4.69) is 50.9 Å². The third-order valence-corrected chi connectivity index (χ3v) is 11.9. The highest BCUT2D eigenvalue weighted by Gasteiger charge is 2.28. The first-order valence-electron chi connectivity index (χ1n) is 12.6. The second kappa shape index (κ2) is 13.7. The molecule has 0 unspecified atom stereocenters. The predicted molar refractivity (Wildman–Crippen MR) is 146 cm³/mol. The zero-order valence-electron chi connectivity index (χ0n) is 21.5. The Balaban J connectivity index is 1.49. The van der Waals surface area contributed by atoms with Gasteiger partial charge in [-0.05, 0) is 80.6 Å². The number of nitriles is 1. The normalized spacial score (nSPS) is 11.9. The lowest BCUT2D eigenvalue weighted by molar-refractivity contribution is 0.304. The summed E-state index contributed by atoms with van der Waals surface area (Å²) in [6.07, 6.45) is 10.4. The van der Waals surface area contributed by atoms with Crippen LogP contribution in [0.3, 0.4) is 0 Å². The molecule has 0 bridgehead atoms. The van der Waals surface area contributed by atoms with Gasteiger partial charge in [0.2, 0.25) is 0 Å². The van der Waals surface area contributed by atoms with E-state index in [4.69, 9.17) is 14.1 Å². The number of unbranched alkanes of at least 4 members (excludes halogenated alkanes) is 7. The lowest BCUT2D eigenvalue weighted by Gasteiger charge is -2.31. The van der Waals surface area contributed by atoms with E-state index in [0.717, 1.165) is 29.9 Å². The number of benzene rings is 2. The van der Waals surface area contributed by atoms with E-state index >= 15 is 0 Å². The fourth-order valence-corrected chi connectivity index (χ4v) is 12.4. The molecule has 3 nitrogen and oxygen atoms in total. The highest BCUT2D eigenvalue weighted by Crippen LogP contribution is 2.24. The van der Waals surface area contributed by atoms with Gasteiger partial charge in [0.05, 0.1) is 18.2 Å². The third kappa shape index (κ3) is 11.7. The lowest BCUT2D eigenvalue weighted by atomic mass is 10.0. The Hall–Kier alpha value is -1.88. The Morgan fingerprint density at radius 2 is 1.15 bits per heavy atom. The van der Waals surface area contributed by atoms with Gasteiger partial charge in [0.25, 0.3) is 0 Å². The van der Waals surface area contributed by atoms with Crippen molar-refractivity contribution in [2.24, 2.45) is 0 Å². The monoisotopic (exact) mass is 481 g/mol. The van der Waals surface area contributed by atoms with Crippen LogP contribution in [0.5, 0.6) is 5.75 Å². The number of hydrogen-bond acceptors (Lipinski definition) is 3. The summed E-state index contributed by atoms with van der Waals surface area (Å²) in [7, 11) is -2.83. The minimum absolute atomic E-state index is 0.687. The van der Waals surface area contributed by atoms with Crippen LogP contribution in [0.1, 0.15) is 56.9 Å². The summed E-state index contributed by atoms with van der Waals surface area (Å²) in [5.74, 6) is 0.928. The van der Waals surface area contributed by atoms with E-state index in [1.807, 2.05) is 36.4 Å². The molecular weight excluding hydrogens is 438 g/mol. The Kier molecular flexibility index (Phi) is 11.4. The molecule has 0 amide bonds. The summed E-state index contributed by atoms with van der Waals surface area (Å²) in [4.78, 5) is 0. The van der Waals surface area contributed by atoms with Crippen LogP contribution in [0.25, 0.3) is 11.1 Å². The van der Waals surface area contributed by atoms with Crippen molar-refractivity contribution in [3.63, 3.8) is 0 Å².